The van der Waals surface area contributed by atoms with Crippen molar-refractivity contribution in [1.29, 1.82) is 0 Å². The Morgan fingerprint density at radius 1 is 1.29 bits per heavy atom. The highest BCUT2D eigenvalue weighted by atomic mass is 16.5. The van der Waals surface area contributed by atoms with Gasteiger partial charge in [-0.05, 0) is 61.7 Å². The van der Waals surface area contributed by atoms with Crippen LogP contribution in [0.3, 0.4) is 0 Å². The molecule has 2 aliphatic rings. The van der Waals surface area contributed by atoms with E-state index in [0.717, 1.165) is 36.1 Å². The Balaban J connectivity index is 0.000000774. The van der Waals surface area contributed by atoms with Gasteiger partial charge in [-0.25, -0.2) is 0 Å². The number of hydrogen-bond acceptors (Lipinski definition) is 3. The minimum absolute atomic E-state index is 0.162. The van der Waals surface area contributed by atoms with Gasteiger partial charge in [0.1, 0.15) is 11.9 Å². The number of ether oxygens (including phenoxy) is 1. The Kier molecular flexibility index (Phi) is 5.18. The van der Waals surface area contributed by atoms with E-state index in [1.165, 1.54) is 5.56 Å². The molecule has 1 N–H and O–H groups in total. The van der Waals surface area contributed by atoms with E-state index in [9.17, 15) is 4.79 Å². The first-order chi connectivity index (χ1) is 10.2. The molecule has 2 aliphatic carbocycles. The zero-order valence-corrected chi connectivity index (χ0v) is 13.4. The molecule has 3 rings (SSSR count). The van der Waals surface area contributed by atoms with Crippen LogP contribution in [0.15, 0.2) is 23.8 Å². The summed E-state index contributed by atoms with van der Waals surface area (Å²) in [5.74, 6) is 1.08. The van der Waals surface area contributed by atoms with Gasteiger partial charge in [0, 0.05) is 12.5 Å². The first-order valence-corrected chi connectivity index (χ1v) is 7.84. The summed E-state index contributed by atoms with van der Waals surface area (Å²) in [4.78, 5) is 11.4. The lowest BCUT2D eigenvalue weighted by Gasteiger charge is -2.35. The predicted octanol–water partition coefficient (Wildman–Crippen LogP) is 3.37. The zero-order valence-electron chi connectivity index (χ0n) is 13.4. The lowest BCUT2D eigenvalue weighted by Crippen LogP contribution is -2.45. The number of carbonyl (C=O) groups is 1. The Morgan fingerprint density at radius 2 is 2.00 bits per heavy atom. The Labute approximate surface area is 127 Å². The normalized spacial score (nSPS) is 22.4. The van der Waals surface area contributed by atoms with E-state index in [-0.39, 0.29) is 5.78 Å². The van der Waals surface area contributed by atoms with Crippen LogP contribution in [0.2, 0.25) is 0 Å². The molecule has 0 spiro atoms. The Bertz CT molecular complexity index is 542. The third-order valence-corrected chi connectivity index (χ3v) is 4.09. The highest BCUT2D eigenvalue weighted by Gasteiger charge is 2.29. The zero-order chi connectivity index (χ0) is 15.4. The molecule has 0 aromatic heterocycles. The fourth-order valence-corrected chi connectivity index (χ4v) is 2.70. The molecular weight excluding hydrogens is 262 g/mol. The molecule has 21 heavy (non-hydrogen) atoms. The van der Waals surface area contributed by atoms with Crippen LogP contribution < -0.4 is 10.1 Å². The summed E-state index contributed by atoms with van der Waals surface area (Å²) in [6.45, 7) is 5.63. The van der Waals surface area contributed by atoms with Crippen molar-refractivity contribution in [2.75, 3.05) is 7.05 Å². The molecule has 1 fully saturated rings. The molecule has 0 unspecified atom stereocenters. The number of fused-ring (bicyclic) bond motifs is 1. The molecule has 0 bridgehead atoms. The highest BCUT2D eigenvalue weighted by Crippen LogP contribution is 2.31. The van der Waals surface area contributed by atoms with Crippen LogP contribution in [-0.4, -0.2) is 25.0 Å². The fourth-order valence-electron chi connectivity index (χ4n) is 2.70. The van der Waals surface area contributed by atoms with Gasteiger partial charge < -0.3 is 10.1 Å². The molecule has 0 atom stereocenters. The van der Waals surface area contributed by atoms with E-state index >= 15 is 0 Å². The second kappa shape index (κ2) is 6.90. The quantitative estimate of drug-likeness (QED) is 0.922. The van der Waals surface area contributed by atoms with Crippen molar-refractivity contribution in [1.82, 2.24) is 5.32 Å². The predicted molar refractivity (Wildman–Crippen MR) is 86.6 cm³/mol. The number of allylic oxidation sites excluding steroid dienone is 1. The molecule has 1 saturated carbocycles. The summed E-state index contributed by atoms with van der Waals surface area (Å²) in [5.41, 5.74) is 3.25. The van der Waals surface area contributed by atoms with Crippen LogP contribution in [0.25, 0.3) is 6.08 Å². The molecule has 0 aliphatic heterocycles. The van der Waals surface area contributed by atoms with E-state index in [2.05, 4.69) is 17.4 Å². The molecule has 114 valence electrons. The van der Waals surface area contributed by atoms with Gasteiger partial charge in [0.25, 0.3) is 0 Å². The largest absolute Gasteiger partial charge is 0.490 e. The second-order valence-electron chi connectivity index (χ2n) is 5.46. The third kappa shape index (κ3) is 3.53. The van der Waals surface area contributed by atoms with Crippen LogP contribution in [0.4, 0.5) is 0 Å². The highest BCUT2D eigenvalue weighted by molar-refractivity contribution is 6.00. The average Bonchev–Trinajstić information content (AvgIpc) is 2.88. The molecule has 0 radical (unpaired) electrons. The molecule has 3 nitrogen and oxygen atoms in total. The summed E-state index contributed by atoms with van der Waals surface area (Å²) >= 11 is 0. The standard InChI is InChI=1S/C16H19NO2.C2H6/c1-10(18)12-5-11-3-4-15(7-13(11)6-12)19-16-8-14(9-16)17-2;1-2/h3-4,6-7,14,16-17H,5,8-9H2,1-2H3;1-2H3. The summed E-state index contributed by atoms with van der Waals surface area (Å²) in [6.07, 6.45) is 5.22. The summed E-state index contributed by atoms with van der Waals surface area (Å²) < 4.78 is 5.95. The number of Topliss-reactive ketones (excluding diaryl/α,β-unsaturated/α-hetero) is 1. The lowest BCUT2D eigenvalue weighted by molar-refractivity contribution is -0.113. The molecular formula is C18H25NO2. The second-order valence-corrected chi connectivity index (χ2v) is 5.46. The molecule has 0 heterocycles. The van der Waals surface area contributed by atoms with E-state index < -0.39 is 0 Å². The van der Waals surface area contributed by atoms with Crippen LogP contribution in [-0.2, 0) is 11.2 Å². The number of carbonyl (C=O) groups excluding carboxylic acids is 1. The van der Waals surface area contributed by atoms with Crippen molar-refractivity contribution in [3.05, 3.63) is 34.9 Å². The van der Waals surface area contributed by atoms with Gasteiger partial charge >= 0.3 is 0 Å². The number of nitrogens with one attached hydrogen (secondary N) is 1. The summed E-state index contributed by atoms with van der Waals surface area (Å²) in [6, 6.07) is 6.75. The van der Waals surface area contributed by atoms with Gasteiger partial charge in [-0.2, -0.15) is 0 Å². The van der Waals surface area contributed by atoms with Gasteiger partial charge in [0.2, 0.25) is 0 Å². The van der Waals surface area contributed by atoms with Crippen LogP contribution in [0.1, 0.15) is 44.7 Å². The lowest BCUT2D eigenvalue weighted by atomic mass is 9.89. The molecule has 0 amide bonds. The monoisotopic (exact) mass is 287 g/mol. The number of benzene rings is 1. The smallest absolute Gasteiger partial charge is 0.156 e. The van der Waals surface area contributed by atoms with Crippen molar-refractivity contribution >= 4 is 11.9 Å². The SMILES string of the molecule is CC.CNC1CC(Oc2ccc3c(c2)C=C(C(C)=O)C3)C1. The number of hydrogen-bond donors (Lipinski definition) is 1. The minimum atomic E-state index is 0.162. The van der Waals surface area contributed by atoms with Crippen molar-refractivity contribution in [3.63, 3.8) is 0 Å². The molecule has 1 aromatic carbocycles. The van der Waals surface area contributed by atoms with Crippen LogP contribution >= 0.6 is 0 Å². The van der Waals surface area contributed by atoms with Crippen molar-refractivity contribution < 1.29 is 9.53 Å². The molecule has 3 heteroatoms. The van der Waals surface area contributed by atoms with Crippen LogP contribution in [0, 0.1) is 0 Å². The third-order valence-electron chi connectivity index (χ3n) is 4.09. The van der Waals surface area contributed by atoms with Gasteiger partial charge in [-0.1, -0.05) is 19.9 Å². The van der Waals surface area contributed by atoms with E-state index in [1.54, 1.807) is 6.92 Å². The van der Waals surface area contributed by atoms with E-state index in [0.29, 0.717) is 12.1 Å². The summed E-state index contributed by atoms with van der Waals surface area (Å²) in [7, 11) is 1.99. The molecule has 1 aromatic rings. The van der Waals surface area contributed by atoms with Gasteiger partial charge in [-0.15, -0.1) is 0 Å². The first-order valence-electron chi connectivity index (χ1n) is 7.84. The fraction of sp³-hybridized carbons (Fsp3) is 0.500. The topological polar surface area (TPSA) is 38.3 Å². The number of rotatable bonds is 4. The maximum Gasteiger partial charge on any atom is 0.156 e. The Morgan fingerprint density at radius 3 is 2.62 bits per heavy atom. The van der Waals surface area contributed by atoms with Gasteiger partial charge in [0.05, 0.1) is 0 Å². The molecule has 0 saturated heterocycles. The van der Waals surface area contributed by atoms with Gasteiger partial charge in [0.15, 0.2) is 5.78 Å². The minimum Gasteiger partial charge on any atom is -0.490 e. The summed E-state index contributed by atoms with van der Waals surface area (Å²) in [5, 5.41) is 3.25. The Hall–Kier alpha value is -1.61. The van der Waals surface area contributed by atoms with E-state index in [4.69, 9.17) is 4.74 Å². The van der Waals surface area contributed by atoms with Crippen molar-refractivity contribution in [2.45, 2.75) is 52.2 Å². The van der Waals surface area contributed by atoms with Crippen molar-refractivity contribution in [3.8, 4) is 5.75 Å². The maximum atomic E-state index is 11.4. The van der Waals surface area contributed by atoms with E-state index in [1.807, 2.05) is 33.0 Å². The number of ketones is 1. The van der Waals surface area contributed by atoms with Crippen LogP contribution in [0.5, 0.6) is 5.75 Å². The maximum absolute atomic E-state index is 11.4. The van der Waals surface area contributed by atoms with Gasteiger partial charge in [-0.3, -0.25) is 4.79 Å². The van der Waals surface area contributed by atoms with Crippen molar-refractivity contribution in [2.24, 2.45) is 0 Å². The first kappa shape index (κ1) is 15.8. The average molecular weight is 287 g/mol.